The maximum absolute atomic E-state index is 15.0. The fourth-order valence-corrected chi connectivity index (χ4v) is 2.61. The van der Waals surface area contributed by atoms with E-state index < -0.39 is 48.1 Å². The Morgan fingerprint density at radius 2 is 2.00 bits per heavy atom. The van der Waals surface area contributed by atoms with E-state index >= 15 is 8.78 Å². The molecule has 0 bridgehead atoms. The monoisotopic (exact) mass is 389 g/mol. The molecular formula is C16H21F2N3O6. The van der Waals surface area contributed by atoms with Gasteiger partial charge in [0.2, 0.25) is 6.23 Å². The van der Waals surface area contributed by atoms with Crippen LogP contribution in [0, 0.1) is 0 Å². The maximum atomic E-state index is 15.0. The zero-order valence-corrected chi connectivity index (χ0v) is 15.1. The Morgan fingerprint density at radius 3 is 2.56 bits per heavy atom. The van der Waals surface area contributed by atoms with Crippen LogP contribution in [0.25, 0.3) is 0 Å². The minimum absolute atomic E-state index is 0.0254. The van der Waals surface area contributed by atoms with Crippen LogP contribution in [0.15, 0.2) is 17.1 Å². The second-order valence-corrected chi connectivity index (χ2v) is 5.98. The van der Waals surface area contributed by atoms with Gasteiger partial charge in [0, 0.05) is 19.0 Å². The predicted molar refractivity (Wildman–Crippen MR) is 87.8 cm³/mol. The fraction of sp³-hybridized carbons (Fsp3) is 0.625. The first kappa shape index (κ1) is 20.7. The average molecular weight is 389 g/mol. The van der Waals surface area contributed by atoms with E-state index in [9.17, 15) is 14.4 Å². The highest BCUT2D eigenvalue weighted by molar-refractivity contribution is 5.70. The lowest BCUT2D eigenvalue weighted by molar-refractivity contribution is -0.178. The first-order valence-electron chi connectivity index (χ1n) is 8.38. The van der Waals surface area contributed by atoms with Crippen molar-refractivity contribution in [2.24, 2.45) is 0 Å². The number of hydrogen-bond acceptors (Lipinski definition) is 8. The minimum Gasteiger partial charge on any atom is -0.460 e. The van der Waals surface area contributed by atoms with Gasteiger partial charge in [-0.25, -0.2) is 4.79 Å². The van der Waals surface area contributed by atoms with Crippen LogP contribution in [0.5, 0.6) is 0 Å². The Labute approximate surface area is 153 Å². The number of halogens is 2. The topological polar surface area (TPSA) is 123 Å². The number of nitrogens with two attached hydrogens (primary N) is 1. The second-order valence-electron chi connectivity index (χ2n) is 5.98. The van der Waals surface area contributed by atoms with E-state index in [0.717, 1.165) is 12.3 Å². The normalized spacial score (nSPS) is 25.0. The smallest absolute Gasteiger partial charge is 0.351 e. The van der Waals surface area contributed by atoms with Gasteiger partial charge in [-0.05, 0) is 13.0 Å². The summed E-state index contributed by atoms with van der Waals surface area (Å²) in [4.78, 5) is 38.5. The van der Waals surface area contributed by atoms with Crippen molar-refractivity contribution in [3.05, 3.63) is 22.7 Å². The number of carbonyl (C=O) groups excluding carboxylic acids is 2. The number of alkyl halides is 2. The lowest BCUT2D eigenvalue weighted by Crippen LogP contribution is -2.46. The van der Waals surface area contributed by atoms with E-state index in [1.807, 2.05) is 0 Å². The number of nitrogen functional groups attached to an aromatic ring is 1. The molecule has 2 N–H and O–H groups in total. The molecule has 0 aliphatic carbocycles. The molecule has 0 saturated carbocycles. The summed E-state index contributed by atoms with van der Waals surface area (Å²) in [6.45, 7) is 4.32. The average Bonchev–Trinajstić information content (AvgIpc) is 2.86. The Bertz CT molecular complexity index is 769. The Morgan fingerprint density at radius 1 is 1.37 bits per heavy atom. The van der Waals surface area contributed by atoms with Crippen molar-refractivity contribution in [1.82, 2.24) is 9.55 Å². The van der Waals surface area contributed by atoms with Crippen LogP contribution in [0.3, 0.4) is 0 Å². The summed E-state index contributed by atoms with van der Waals surface area (Å²) >= 11 is 0. The fourth-order valence-electron chi connectivity index (χ4n) is 2.61. The summed E-state index contributed by atoms with van der Waals surface area (Å²) in [5.74, 6) is -5.45. The molecule has 0 unspecified atom stereocenters. The summed E-state index contributed by atoms with van der Waals surface area (Å²) < 4.78 is 45.8. The van der Waals surface area contributed by atoms with E-state index in [-0.39, 0.29) is 18.7 Å². The van der Waals surface area contributed by atoms with Gasteiger partial charge < -0.3 is 19.9 Å². The number of ether oxygens (including phenoxy) is 3. The van der Waals surface area contributed by atoms with Gasteiger partial charge in [0.1, 0.15) is 18.0 Å². The van der Waals surface area contributed by atoms with E-state index in [1.165, 1.54) is 20.8 Å². The molecule has 0 amide bonds. The number of nitrogens with zero attached hydrogens (tertiary/aromatic N) is 2. The van der Waals surface area contributed by atoms with E-state index in [2.05, 4.69) is 4.98 Å². The van der Waals surface area contributed by atoms with Crippen molar-refractivity contribution >= 4 is 17.8 Å². The van der Waals surface area contributed by atoms with Crippen LogP contribution in [0.2, 0.25) is 0 Å². The zero-order chi connectivity index (χ0) is 20.4. The molecule has 0 aromatic carbocycles. The standard InChI is InChI=1S/C16H21F2N3O6/c1-4-10(22)25-8(3)12-13(26-11(23)5-2)16(17,18)14(27-12)21-7-6-9(19)20-15(21)24/h6-8,12-14H,4-5H2,1-3H3,(H2,19,20,24)/t8-,12+,13+,14+/m0/s1. The van der Waals surface area contributed by atoms with Crippen LogP contribution in [0.1, 0.15) is 39.8 Å². The SMILES string of the molecule is CCC(=O)O[C@@H](C)[C@H]1O[C@@H](n2ccc(N)nc2=O)C(F)(F)[C@@H]1OC(=O)CC. The molecule has 1 fully saturated rings. The molecule has 1 aromatic heterocycles. The van der Waals surface area contributed by atoms with Gasteiger partial charge in [0.25, 0.3) is 0 Å². The van der Waals surface area contributed by atoms with Crippen molar-refractivity contribution in [3.8, 4) is 0 Å². The molecule has 2 rings (SSSR count). The van der Waals surface area contributed by atoms with Gasteiger partial charge in [0.15, 0.2) is 6.10 Å². The van der Waals surface area contributed by atoms with Crippen LogP contribution < -0.4 is 11.4 Å². The van der Waals surface area contributed by atoms with Gasteiger partial charge in [0.05, 0.1) is 0 Å². The van der Waals surface area contributed by atoms with E-state index in [1.54, 1.807) is 0 Å². The first-order valence-corrected chi connectivity index (χ1v) is 8.38. The molecule has 0 radical (unpaired) electrons. The molecule has 27 heavy (non-hydrogen) atoms. The highest BCUT2D eigenvalue weighted by Crippen LogP contribution is 2.45. The number of esters is 2. The second kappa shape index (κ2) is 7.99. The zero-order valence-electron chi connectivity index (χ0n) is 15.1. The molecule has 1 aliphatic heterocycles. The third-order valence-electron chi connectivity index (χ3n) is 4.01. The first-order chi connectivity index (χ1) is 12.6. The summed E-state index contributed by atoms with van der Waals surface area (Å²) in [5.41, 5.74) is 4.31. The van der Waals surface area contributed by atoms with Crippen molar-refractivity contribution in [2.75, 3.05) is 5.73 Å². The Kier molecular flexibility index (Phi) is 6.14. The van der Waals surface area contributed by atoms with Crippen molar-refractivity contribution in [2.45, 2.75) is 64.1 Å². The summed E-state index contributed by atoms with van der Waals surface area (Å²) in [6.07, 6.45) is -5.92. The van der Waals surface area contributed by atoms with Crippen molar-refractivity contribution < 1.29 is 32.6 Å². The number of aromatic nitrogens is 2. The molecule has 11 heteroatoms. The highest BCUT2D eigenvalue weighted by atomic mass is 19.3. The van der Waals surface area contributed by atoms with Crippen LogP contribution in [-0.4, -0.2) is 45.7 Å². The molecule has 2 heterocycles. The van der Waals surface area contributed by atoms with Crippen molar-refractivity contribution in [1.29, 1.82) is 0 Å². The van der Waals surface area contributed by atoms with E-state index in [0.29, 0.717) is 4.57 Å². The predicted octanol–water partition coefficient (Wildman–Crippen LogP) is 1.02. The third kappa shape index (κ3) is 4.24. The number of anilines is 1. The molecule has 1 aromatic rings. The van der Waals surface area contributed by atoms with Gasteiger partial charge in [-0.2, -0.15) is 13.8 Å². The lowest BCUT2D eigenvalue weighted by Gasteiger charge is -2.26. The number of hydrogen-bond donors (Lipinski definition) is 1. The van der Waals surface area contributed by atoms with Gasteiger partial charge >= 0.3 is 23.6 Å². The highest BCUT2D eigenvalue weighted by Gasteiger charge is 2.64. The summed E-state index contributed by atoms with van der Waals surface area (Å²) in [7, 11) is 0. The minimum atomic E-state index is -3.79. The van der Waals surface area contributed by atoms with Gasteiger partial charge in [-0.3, -0.25) is 14.2 Å². The molecular weight excluding hydrogens is 368 g/mol. The maximum Gasteiger partial charge on any atom is 0.351 e. The van der Waals surface area contributed by atoms with Crippen molar-refractivity contribution in [3.63, 3.8) is 0 Å². The third-order valence-corrected chi connectivity index (χ3v) is 4.01. The largest absolute Gasteiger partial charge is 0.460 e. The van der Waals surface area contributed by atoms with Crippen LogP contribution >= 0.6 is 0 Å². The van der Waals surface area contributed by atoms with E-state index in [4.69, 9.17) is 19.9 Å². The molecule has 9 nitrogen and oxygen atoms in total. The summed E-state index contributed by atoms with van der Waals surface area (Å²) in [6, 6.07) is 1.15. The molecule has 0 spiro atoms. The molecule has 1 aliphatic rings. The Balaban J connectivity index is 2.41. The number of rotatable bonds is 6. The quantitative estimate of drug-likeness (QED) is 0.716. The Hall–Kier alpha value is -2.56. The van der Waals surface area contributed by atoms with Gasteiger partial charge in [-0.15, -0.1) is 0 Å². The number of carbonyl (C=O) groups is 2. The van der Waals surface area contributed by atoms with Crippen LogP contribution in [0.4, 0.5) is 14.6 Å². The summed E-state index contributed by atoms with van der Waals surface area (Å²) in [5, 5.41) is 0. The molecule has 4 atom stereocenters. The molecule has 1 saturated heterocycles. The van der Waals surface area contributed by atoms with Crippen LogP contribution in [-0.2, 0) is 23.8 Å². The lowest BCUT2D eigenvalue weighted by atomic mass is 10.0. The van der Waals surface area contributed by atoms with Gasteiger partial charge in [-0.1, -0.05) is 13.8 Å². The molecule has 150 valence electrons.